The van der Waals surface area contributed by atoms with Crippen LogP contribution in [0.5, 0.6) is 5.75 Å². The lowest BCUT2D eigenvalue weighted by atomic mass is 9.79. The van der Waals surface area contributed by atoms with Crippen LogP contribution in [0, 0.1) is 13.8 Å². The van der Waals surface area contributed by atoms with Gasteiger partial charge in [-0.15, -0.1) is 12.4 Å². The maximum Gasteiger partial charge on any atom is 0.258 e. The zero-order chi connectivity index (χ0) is 17.3. The first-order valence-corrected chi connectivity index (χ1v) is 8.35. The molecule has 0 atom stereocenters. The molecule has 0 unspecified atom stereocenters. The summed E-state index contributed by atoms with van der Waals surface area (Å²) in [5.41, 5.74) is 2.44. The van der Waals surface area contributed by atoms with Crippen LogP contribution in [0.3, 0.4) is 0 Å². The zero-order valence-electron chi connectivity index (χ0n) is 15.7. The summed E-state index contributed by atoms with van der Waals surface area (Å²) in [6.07, 6.45) is 1.84. The summed E-state index contributed by atoms with van der Waals surface area (Å²) in [4.78, 5) is 12.2. The zero-order valence-corrected chi connectivity index (χ0v) is 16.5. The minimum Gasteiger partial charge on any atom is -0.484 e. The molecular weight excluding hydrogens is 324 g/mol. The number of ether oxygens (including phenoxy) is 1. The molecule has 1 aromatic rings. The molecule has 5 heteroatoms. The van der Waals surface area contributed by atoms with Gasteiger partial charge in [-0.3, -0.25) is 4.79 Å². The van der Waals surface area contributed by atoms with E-state index in [-0.39, 0.29) is 42.0 Å². The van der Waals surface area contributed by atoms with E-state index in [2.05, 4.69) is 45.3 Å². The third-order valence-corrected chi connectivity index (χ3v) is 4.40. The molecule has 0 bridgehead atoms. The van der Waals surface area contributed by atoms with Gasteiger partial charge in [-0.2, -0.15) is 0 Å². The lowest BCUT2D eigenvalue weighted by Crippen LogP contribution is -2.62. The van der Waals surface area contributed by atoms with Crippen LogP contribution in [-0.4, -0.2) is 29.6 Å². The highest BCUT2D eigenvalue weighted by Gasteiger charge is 2.38. The second-order valence-corrected chi connectivity index (χ2v) is 8.10. The van der Waals surface area contributed by atoms with Crippen LogP contribution in [0.1, 0.15) is 51.7 Å². The Bertz CT molecular complexity index is 569. The molecule has 24 heavy (non-hydrogen) atoms. The van der Waals surface area contributed by atoms with Gasteiger partial charge in [-0.25, -0.2) is 0 Å². The molecule has 1 fully saturated rings. The number of aryl methyl sites for hydroxylation is 2. The SMILES string of the molecule is Cc1ccc(OCC(=O)NC2CC(C)(C)NC(C)(C)C2)cc1C.Cl. The summed E-state index contributed by atoms with van der Waals surface area (Å²) >= 11 is 0. The lowest BCUT2D eigenvalue weighted by molar-refractivity contribution is -0.124. The minimum atomic E-state index is -0.0540. The molecule has 1 heterocycles. The Morgan fingerprint density at radius 1 is 1.17 bits per heavy atom. The van der Waals surface area contributed by atoms with Gasteiger partial charge < -0.3 is 15.4 Å². The number of hydrogen-bond donors (Lipinski definition) is 2. The van der Waals surface area contributed by atoms with Crippen LogP contribution in [0.15, 0.2) is 18.2 Å². The quantitative estimate of drug-likeness (QED) is 0.869. The predicted octanol–water partition coefficient (Wildman–Crippen LogP) is 3.53. The van der Waals surface area contributed by atoms with E-state index in [1.54, 1.807) is 0 Å². The number of rotatable bonds is 4. The van der Waals surface area contributed by atoms with Crippen molar-refractivity contribution in [2.45, 2.75) is 71.5 Å². The largest absolute Gasteiger partial charge is 0.484 e. The number of amides is 1. The van der Waals surface area contributed by atoms with Gasteiger partial charge in [0.2, 0.25) is 0 Å². The number of benzene rings is 1. The van der Waals surface area contributed by atoms with Crippen molar-refractivity contribution in [1.29, 1.82) is 0 Å². The van der Waals surface area contributed by atoms with Gasteiger partial charge in [0.1, 0.15) is 5.75 Å². The third kappa shape index (κ3) is 5.99. The molecule has 4 nitrogen and oxygen atoms in total. The average molecular weight is 355 g/mol. The summed E-state index contributed by atoms with van der Waals surface area (Å²) in [7, 11) is 0. The Balaban J connectivity index is 0.00000288. The molecule has 0 aromatic heterocycles. The number of piperidine rings is 1. The van der Waals surface area contributed by atoms with Crippen molar-refractivity contribution < 1.29 is 9.53 Å². The Hall–Kier alpha value is -1.26. The van der Waals surface area contributed by atoms with E-state index in [0.29, 0.717) is 0 Å². The Morgan fingerprint density at radius 2 is 1.75 bits per heavy atom. The fraction of sp³-hybridized carbons (Fsp3) is 0.632. The van der Waals surface area contributed by atoms with E-state index < -0.39 is 0 Å². The summed E-state index contributed by atoms with van der Waals surface area (Å²) in [6, 6.07) is 6.07. The van der Waals surface area contributed by atoms with Gasteiger partial charge in [-0.05, 0) is 77.6 Å². The van der Waals surface area contributed by atoms with Crippen LogP contribution in [0.2, 0.25) is 0 Å². The molecular formula is C19H31ClN2O2. The van der Waals surface area contributed by atoms with Gasteiger partial charge >= 0.3 is 0 Å². The number of carbonyl (C=O) groups is 1. The van der Waals surface area contributed by atoms with Crippen molar-refractivity contribution >= 4 is 18.3 Å². The molecule has 1 aliphatic rings. The number of carbonyl (C=O) groups excluding carboxylic acids is 1. The second kappa shape index (κ2) is 7.75. The standard InChI is InChI=1S/C19H30N2O2.ClH/c1-13-7-8-16(9-14(13)2)23-12-17(22)20-15-10-18(3,4)21-19(5,6)11-15;/h7-9,15,21H,10-12H2,1-6H3,(H,20,22);1H. The van der Waals surface area contributed by atoms with Crippen LogP contribution in [-0.2, 0) is 4.79 Å². The van der Waals surface area contributed by atoms with Crippen LogP contribution < -0.4 is 15.4 Å². The molecule has 0 spiro atoms. The molecule has 1 aromatic carbocycles. The van der Waals surface area contributed by atoms with Crippen molar-refractivity contribution in [1.82, 2.24) is 10.6 Å². The monoisotopic (exact) mass is 354 g/mol. The molecule has 0 aliphatic carbocycles. The topological polar surface area (TPSA) is 50.4 Å². The first kappa shape index (κ1) is 20.8. The average Bonchev–Trinajstić information content (AvgIpc) is 2.36. The Labute approximate surface area is 152 Å². The second-order valence-electron chi connectivity index (χ2n) is 8.10. The van der Waals surface area contributed by atoms with E-state index >= 15 is 0 Å². The molecule has 1 amide bonds. The van der Waals surface area contributed by atoms with Crippen LogP contribution in [0.4, 0.5) is 0 Å². The Kier molecular flexibility index (Phi) is 6.71. The van der Waals surface area contributed by atoms with E-state index in [4.69, 9.17) is 4.74 Å². The first-order chi connectivity index (χ1) is 10.6. The fourth-order valence-electron chi connectivity index (χ4n) is 3.65. The molecule has 1 saturated heterocycles. The maximum atomic E-state index is 12.2. The van der Waals surface area contributed by atoms with E-state index in [9.17, 15) is 4.79 Å². The molecule has 2 N–H and O–H groups in total. The van der Waals surface area contributed by atoms with Crippen LogP contribution in [0.25, 0.3) is 0 Å². The van der Waals surface area contributed by atoms with E-state index in [1.165, 1.54) is 11.1 Å². The number of nitrogens with one attached hydrogen (secondary N) is 2. The maximum absolute atomic E-state index is 12.2. The van der Waals surface area contributed by atoms with Gasteiger partial charge in [0, 0.05) is 17.1 Å². The minimum absolute atomic E-state index is 0. The molecule has 136 valence electrons. The highest BCUT2D eigenvalue weighted by atomic mass is 35.5. The summed E-state index contributed by atoms with van der Waals surface area (Å²) in [5.74, 6) is 0.691. The van der Waals surface area contributed by atoms with Gasteiger partial charge in [-0.1, -0.05) is 6.07 Å². The highest BCUT2D eigenvalue weighted by molar-refractivity contribution is 5.85. The Morgan fingerprint density at radius 3 is 2.29 bits per heavy atom. The number of halogens is 1. The number of hydrogen-bond acceptors (Lipinski definition) is 3. The van der Waals surface area contributed by atoms with Gasteiger partial charge in [0.25, 0.3) is 5.91 Å². The smallest absolute Gasteiger partial charge is 0.258 e. The fourth-order valence-corrected chi connectivity index (χ4v) is 3.65. The first-order valence-electron chi connectivity index (χ1n) is 8.35. The van der Waals surface area contributed by atoms with E-state index in [0.717, 1.165) is 18.6 Å². The van der Waals surface area contributed by atoms with Crippen molar-refractivity contribution in [3.05, 3.63) is 29.3 Å². The highest BCUT2D eigenvalue weighted by Crippen LogP contribution is 2.28. The summed E-state index contributed by atoms with van der Waals surface area (Å²) in [5, 5.41) is 6.74. The van der Waals surface area contributed by atoms with E-state index in [1.807, 2.05) is 25.1 Å². The summed E-state index contributed by atoms with van der Waals surface area (Å²) < 4.78 is 5.62. The molecule has 0 radical (unpaired) electrons. The normalized spacial score (nSPS) is 19.2. The van der Waals surface area contributed by atoms with Gasteiger partial charge in [0.15, 0.2) is 6.61 Å². The van der Waals surface area contributed by atoms with Crippen LogP contribution >= 0.6 is 12.4 Å². The van der Waals surface area contributed by atoms with Crippen molar-refractivity contribution in [2.75, 3.05) is 6.61 Å². The molecule has 1 aliphatic heterocycles. The molecule has 0 saturated carbocycles. The lowest BCUT2D eigenvalue weighted by Gasteiger charge is -2.46. The van der Waals surface area contributed by atoms with Crippen molar-refractivity contribution in [2.24, 2.45) is 0 Å². The van der Waals surface area contributed by atoms with Crippen molar-refractivity contribution in [3.8, 4) is 5.75 Å². The van der Waals surface area contributed by atoms with Crippen molar-refractivity contribution in [3.63, 3.8) is 0 Å². The summed E-state index contributed by atoms with van der Waals surface area (Å²) in [6.45, 7) is 12.9. The van der Waals surface area contributed by atoms with Gasteiger partial charge in [0.05, 0.1) is 0 Å². The predicted molar refractivity (Wildman–Crippen MR) is 101 cm³/mol. The third-order valence-electron chi connectivity index (χ3n) is 4.40. The molecule has 2 rings (SSSR count).